The standard InChI is InChI=1S/C28H31NO6/c1-31-29-25-23(32-17-20-11-5-2-6-12-20)24(33-18-21-13-7-3-8-14-21)26-28(25,30)19-34-27(35-26)22-15-9-4-10-16-22/h2-16,23-27,29-30H,17-19H2,1H3/t23-,24-,25+,26+,27-,28+/m0/s1. The van der Waals surface area contributed by atoms with Crippen LogP contribution in [0, 0.1) is 0 Å². The van der Waals surface area contributed by atoms with Crippen molar-refractivity contribution < 1.29 is 28.9 Å². The van der Waals surface area contributed by atoms with E-state index in [1.54, 1.807) is 0 Å². The van der Waals surface area contributed by atoms with E-state index >= 15 is 0 Å². The molecule has 6 atom stereocenters. The van der Waals surface area contributed by atoms with Gasteiger partial charge in [-0.05, 0) is 11.1 Å². The summed E-state index contributed by atoms with van der Waals surface area (Å²) in [7, 11) is 1.52. The molecule has 184 valence electrons. The minimum absolute atomic E-state index is 0.0364. The lowest BCUT2D eigenvalue weighted by Crippen LogP contribution is -2.61. The Bertz CT molecular complexity index is 1050. The second kappa shape index (κ2) is 11.0. The number of nitrogens with one attached hydrogen (secondary N) is 1. The molecule has 1 aliphatic carbocycles. The monoisotopic (exact) mass is 477 g/mol. The summed E-state index contributed by atoms with van der Waals surface area (Å²) in [4.78, 5) is 5.29. The first-order valence-corrected chi connectivity index (χ1v) is 11.8. The molecule has 2 fully saturated rings. The lowest BCUT2D eigenvalue weighted by Gasteiger charge is -2.42. The van der Waals surface area contributed by atoms with Gasteiger partial charge in [-0.3, -0.25) is 0 Å². The number of fused-ring (bicyclic) bond motifs is 1. The molecule has 0 unspecified atom stereocenters. The van der Waals surface area contributed by atoms with Crippen LogP contribution in [-0.4, -0.2) is 48.8 Å². The summed E-state index contributed by atoms with van der Waals surface area (Å²) >= 11 is 0. The highest BCUT2D eigenvalue weighted by molar-refractivity contribution is 5.21. The van der Waals surface area contributed by atoms with Crippen molar-refractivity contribution in [3.63, 3.8) is 0 Å². The Balaban J connectivity index is 1.43. The molecule has 5 rings (SSSR count). The third-order valence-electron chi connectivity index (χ3n) is 6.61. The van der Waals surface area contributed by atoms with Gasteiger partial charge in [0.2, 0.25) is 0 Å². The summed E-state index contributed by atoms with van der Waals surface area (Å²) in [5, 5.41) is 11.8. The molecular formula is C28H31NO6. The Morgan fingerprint density at radius 1 is 0.829 bits per heavy atom. The van der Waals surface area contributed by atoms with E-state index in [-0.39, 0.29) is 6.61 Å². The topological polar surface area (TPSA) is 78.4 Å². The maximum absolute atomic E-state index is 11.8. The van der Waals surface area contributed by atoms with Crippen molar-refractivity contribution in [1.82, 2.24) is 5.48 Å². The molecule has 1 saturated carbocycles. The predicted octanol–water partition coefficient (Wildman–Crippen LogP) is 3.54. The molecule has 2 aliphatic rings. The van der Waals surface area contributed by atoms with E-state index in [1.165, 1.54) is 7.11 Å². The molecule has 0 amide bonds. The number of aliphatic hydroxyl groups is 1. The molecule has 3 aromatic rings. The van der Waals surface area contributed by atoms with Gasteiger partial charge in [0.25, 0.3) is 0 Å². The van der Waals surface area contributed by atoms with E-state index in [0.29, 0.717) is 13.2 Å². The Hall–Kier alpha value is -2.62. The van der Waals surface area contributed by atoms with Crippen LogP contribution in [0.4, 0.5) is 0 Å². The molecule has 0 spiro atoms. The summed E-state index contributed by atoms with van der Waals surface area (Å²) in [6.45, 7) is 0.738. The van der Waals surface area contributed by atoms with Gasteiger partial charge in [0, 0.05) is 5.56 Å². The first-order chi connectivity index (χ1) is 17.2. The highest BCUT2D eigenvalue weighted by Crippen LogP contribution is 2.44. The number of hydrogen-bond acceptors (Lipinski definition) is 7. The molecule has 0 aromatic heterocycles. The Morgan fingerprint density at radius 3 is 1.94 bits per heavy atom. The molecule has 7 nitrogen and oxygen atoms in total. The van der Waals surface area contributed by atoms with Crippen LogP contribution in [0.25, 0.3) is 0 Å². The molecular weight excluding hydrogens is 446 g/mol. The number of benzene rings is 3. The highest BCUT2D eigenvalue weighted by atomic mass is 16.7. The molecule has 1 saturated heterocycles. The predicted molar refractivity (Wildman–Crippen MR) is 129 cm³/mol. The van der Waals surface area contributed by atoms with Crippen molar-refractivity contribution in [3.8, 4) is 0 Å². The second-order valence-electron chi connectivity index (χ2n) is 8.92. The smallest absolute Gasteiger partial charge is 0.184 e. The van der Waals surface area contributed by atoms with E-state index in [4.69, 9.17) is 23.8 Å². The summed E-state index contributed by atoms with van der Waals surface area (Å²) in [6.07, 6.45) is -2.47. The van der Waals surface area contributed by atoms with E-state index in [9.17, 15) is 5.11 Å². The molecule has 7 heteroatoms. The number of ether oxygens (including phenoxy) is 4. The zero-order valence-corrected chi connectivity index (χ0v) is 19.7. The fraction of sp³-hybridized carbons (Fsp3) is 0.357. The fourth-order valence-electron chi connectivity index (χ4n) is 4.84. The van der Waals surface area contributed by atoms with Gasteiger partial charge in [0.15, 0.2) is 6.29 Å². The normalized spacial score (nSPS) is 30.2. The summed E-state index contributed by atoms with van der Waals surface area (Å²) in [5.41, 5.74) is 4.43. The van der Waals surface area contributed by atoms with Gasteiger partial charge in [-0.25, -0.2) is 0 Å². The zero-order chi connectivity index (χ0) is 24.1. The third-order valence-corrected chi connectivity index (χ3v) is 6.61. The van der Waals surface area contributed by atoms with Crippen LogP contribution in [0.15, 0.2) is 91.0 Å². The van der Waals surface area contributed by atoms with Crippen molar-refractivity contribution in [2.45, 2.75) is 49.5 Å². The average molecular weight is 478 g/mol. The zero-order valence-electron chi connectivity index (χ0n) is 19.7. The van der Waals surface area contributed by atoms with Crippen molar-refractivity contribution >= 4 is 0 Å². The van der Waals surface area contributed by atoms with Gasteiger partial charge in [-0.1, -0.05) is 91.0 Å². The SMILES string of the molecule is CON[C@@H]1[C@@H](OCc2ccccc2)[C@H](OCc2ccccc2)[C@H]2O[C@@H](c3ccccc3)OC[C@@]12O. The van der Waals surface area contributed by atoms with Gasteiger partial charge >= 0.3 is 0 Å². The van der Waals surface area contributed by atoms with E-state index < -0.39 is 36.2 Å². The molecule has 3 aromatic carbocycles. The molecule has 0 radical (unpaired) electrons. The molecule has 0 bridgehead atoms. The van der Waals surface area contributed by atoms with Crippen LogP contribution >= 0.6 is 0 Å². The van der Waals surface area contributed by atoms with Gasteiger partial charge in [0.1, 0.15) is 23.9 Å². The minimum atomic E-state index is -1.43. The second-order valence-corrected chi connectivity index (χ2v) is 8.92. The van der Waals surface area contributed by atoms with E-state index in [2.05, 4.69) is 5.48 Å². The summed E-state index contributed by atoms with van der Waals surface area (Å²) < 4.78 is 25.2. The van der Waals surface area contributed by atoms with E-state index in [1.807, 2.05) is 91.0 Å². The first-order valence-electron chi connectivity index (χ1n) is 11.8. The quantitative estimate of drug-likeness (QED) is 0.457. The first kappa shape index (κ1) is 24.1. The van der Waals surface area contributed by atoms with Crippen LogP contribution in [0.5, 0.6) is 0 Å². The van der Waals surface area contributed by atoms with Crippen LogP contribution < -0.4 is 5.48 Å². The van der Waals surface area contributed by atoms with Gasteiger partial charge in [-0.2, -0.15) is 5.48 Å². The van der Waals surface area contributed by atoms with E-state index in [0.717, 1.165) is 16.7 Å². The van der Waals surface area contributed by atoms with Crippen molar-refractivity contribution in [2.75, 3.05) is 13.7 Å². The van der Waals surface area contributed by atoms with Crippen LogP contribution in [0.2, 0.25) is 0 Å². The van der Waals surface area contributed by atoms with Crippen LogP contribution in [0.3, 0.4) is 0 Å². The Kier molecular flexibility index (Phi) is 7.55. The Morgan fingerprint density at radius 2 is 1.37 bits per heavy atom. The maximum atomic E-state index is 11.8. The maximum Gasteiger partial charge on any atom is 0.184 e. The largest absolute Gasteiger partial charge is 0.383 e. The van der Waals surface area contributed by atoms with Crippen molar-refractivity contribution in [3.05, 3.63) is 108 Å². The molecule has 1 heterocycles. The fourth-order valence-corrected chi connectivity index (χ4v) is 4.84. The van der Waals surface area contributed by atoms with Gasteiger partial charge < -0.3 is 28.9 Å². The molecule has 2 N–H and O–H groups in total. The number of rotatable bonds is 9. The Labute approximate surface area is 205 Å². The highest BCUT2D eigenvalue weighted by Gasteiger charge is 2.65. The third kappa shape index (κ3) is 5.17. The van der Waals surface area contributed by atoms with Crippen LogP contribution in [0.1, 0.15) is 23.0 Å². The average Bonchev–Trinajstić information content (AvgIpc) is 3.14. The minimum Gasteiger partial charge on any atom is -0.383 e. The molecule has 35 heavy (non-hydrogen) atoms. The number of hydrogen-bond donors (Lipinski definition) is 2. The number of hydroxylamine groups is 1. The summed E-state index contributed by atoms with van der Waals surface area (Å²) in [5.74, 6) is 0. The molecule has 1 aliphatic heterocycles. The summed E-state index contributed by atoms with van der Waals surface area (Å²) in [6, 6.07) is 28.9. The van der Waals surface area contributed by atoms with Crippen molar-refractivity contribution in [1.29, 1.82) is 0 Å². The van der Waals surface area contributed by atoms with Gasteiger partial charge in [-0.15, -0.1) is 0 Å². The lowest BCUT2D eigenvalue weighted by atomic mass is 9.95. The lowest BCUT2D eigenvalue weighted by molar-refractivity contribution is -0.305. The van der Waals surface area contributed by atoms with Gasteiger partial charge in [0.05, 0.1) is 33.0 Å². The van der Waals surface area contributed by atoms with Crippen molar-refractivity contribution in [2.24, 2.45) is 0 Å². The van der Waals surface area contributed by atoms with Crippen LogP contribution in [-0.2, 0) is 37.0 Å².